The fourth-order valence-electron chi connectivity index (χ4n) is 2.11. The van der Waals surface area contributed by atoms with Crippen LogP contribution >= 0.6 is 0 Å². The van der Waals surface area contributed by atoms with Gasteiger partial charge in [0.25, 0.3) is 0 Å². The molecule has 0 saturated heterocycles. The number of sulfonamides is 1. The first kappa shape index (κ1) is 16.8. The summed E-state index contributed by atoms with van der Waals surface area (Å²) in [5.74, 6) is 1.15. The zero-order valence-corrected chi connectivity index (χ0v) is 14.0. The topological polar surface area (TPSA) is 46.6 Å². The maximum atomic E-state index is 12.4. The average Bonchev–Trinajstić information content (AvgIpc) is 2.37. The van der Waals surface area contributed by atoms with Gasteiger partial charge in [-0.15, -0.1) is 0 Å². The fourth-order valence-corrected chi connectivity index (χ4v) is 3.18. The van der Waals surface area contributed by atoms with Crippen LogP contribution in [0.25, 0.3) is 0 Å². The van der Waals surface area contributed by atoms with Crippen molar-refractivity contribution < 1.29 is 13.2 Å². The largest absolute Gasteiger partial charge is 0.496 e. The van der Waals surface area contributed by atoms with E-state index in [9.17, 15) is 8.42 Å². The summed E-state index contributed by atoms with van der Waals surface area (Å²) >= 11 is 0. The van der Waals surface area contributed by atoms with Crippen molar-refractivity contribution >= 4 is 15.7 Å². The Hall–Kier alpha value is -1.23. The Morgan fingerprint density at radius 1 is 1.20 bits per heavy atom. The number of anilines is 1. The van der Waals surface area contributed by atoms with Gasteiger partial charge in [0.05, 0.1) is 18.0 Å². The van der Waals surface area contributed by atoms with Crippen molar-refractivity contribution in [2.45, 2.75) is 39.4 Å². The highest BCUT2D eigenvalue weighted by Gasteiger charge is 2.25. The van der Waals surface area contributed by atoms with Crippen molar-refractivity contribution in [2.75, 3.05) is 18.5 Å². The molecule has 0 aromatic heterocycles. The minimum Gasteiger partial charge on any atom is -0.496 e. The van der Waals surface area contributed by atoms with Crippen molar-refractivity contribution in [3.63, 3.8) is 0 Å². The van der Waals surface area contributed by atoms with Gasteiger partial charge in [0, 0.05) is 12.6 Å². The van der Waals surface area contributed by atoms with Gasteiger partial charge in [-0.3, -0.25) is 4.31 Å². The molecule has 0 radical (unpaired) electrons. The van der Waals surface area contributed by atoms with Crippen LogP contribution < -0.4 is 9.04 Å². The Morgan fingerprint density at radius 3 is 2.25 bits per heavy atom. The summed E-state index contributed by atoms with van der Waals surface area (Å²) in [5.41, 5.74) is 1.64. The summed E-state index contributed by atoms with van der Waals surface area (Å²) in [4.78, 5) is 0. The van der Waals surface area contributed by atoms with Crippen molar-refractivity contribution in [1.82, 2.24) is 0 Å². The summed E-state index contributed by atoms with van der Waals surface area (Å²) < 4.78 is 31.5. The van der Waals surface area contributed by atoms with Gasteiger partial charge < -0.3 is 4.74 Å². The van der Waals surface area contributed by atoms with Crippen LogP contribution in [0.2, 0.25) is 0 Å². The monoisotopic (exact) mass is 299 g/mol. The molecule has 0 aliphatic carbocycles. The number of ether oxygens (including phenoxy) is 1. The lowest BCUT2D eigenvalue weighted by atomic mass is 10.0. The van der Waals surface area contributed by atoms with E-state index in [2.05, 4.69) is 13.8 Å². The Bertz CT molecular complexity index is 550. The molecule has 0 unspecified atom stereocenters. The van der Waals surface area contributed by atoms with Crippen LogP contribution in [-0.2, 0) is 16.4 Å². The number of benzene rings is 1. The first-order chi connectivity index (χ1) is 9.21. The molecule has 0 saturated carbocycles. The maximum Gasteiger partial charge on any atom is 0.237 e. The molecule has 1 rings (SSSR count). The summed E-state index contributed by atoms with van der Waals surface area (Å²) in [6, 6.07) is 5.53. The van der Waals surface area contributed by atoms with Crippen LogP contribution in [0.5, 0.6) is 5.75 Å². The van der Waals surface area contributed by atoms with Gasteiger partial charge in [0.2, 0.25) is 10.0 Å². The van der Waals surface area contributed by atoms with Gasteiger partial charge in [0.15, 0.2) is 0 Å². The zero-order valence-electron chi connectivity index (χ0n) is 13.2. The Labute approximate surface area is 122 Å². The molecule has 0 aliphatic rings. The second-order valence-electron chi connectivity index (χ2n) is 5.62. The third-order valence-corrected chi connectivity index (χ3v) is 5.41. The lowest BCUT2D eigenvalue weighted by molar-refractivity contribution is 0.407. The van der Waals surface area contributed by atoms with Gasteiger partial charge in [-0.1, -0.05) is 19.9 Å². The summed E-state index contributed by atoms with van der Waals surface area (Å²) in [5, 5.41) is -0.453. The third kappa shape index (κ3) is 3.45. The standard InChI is InChI=1S/C15H25NO3S/c1-11(2)10-13-14(8-7-9-15(13)19-6)16(5)20(17,18)12(3)4/h7-9,11-12H,10H2,1-6H3. The van der Waals surface area contributed by atoms with Crippen LogP contribution in [0.15, 0.2) is 18.2 Å². The highest BCUT2D eigenvalue weighted by atomic mass is 32.2. The van der Waals surface area contributed by atoms with E-state index in [1.165, 1.54) is 4.31 Å². The molecule has 1 aromatic carbocycles. The van der Waals surface area contributed by atoms with Gasteiger partial charge in [-0.25, -0.2) is 8.42 Å². The number of hydrogen-bond donors (Lipinski definition) is 0. The lowest BCUT2D eigenvalue weighted by Gasteiger charge is -2.26. The number of rotatable bonds is 6. The van der Waals surface area contributed by atoms with E-state index in [1.54, 1.807) is 28.0 Å². The van der Waals surface area contributed by atoms with E-state index < -0.39 is 15.3 Å². The summed E-state index contributed by atoms with van der Waals surface area (Å²) in [6.45, 7) is 7.59. The molecule has 0 fully saturated rings. The van der Waals surface area contributed by atoms with E-state index in [-0.39, 0.29) is 0 Å². The Morgan fingerprint density at radius 2 is 1.80 bits per heavy atom. The Balaban J connectivity index is 3.37. The third-order valence-electron chi connectivity index (χ3n) is 3.26. The van der Waals surface area contributed by atoms with E-state index in [0.717, 1.165) is 17.7 Å². The summed E-state index contributed by atoms with van der Waals surface area (Å²) in [6.07, 6.45) is 0.775. The Kier molecular flexibility index (Phi) is 5.45. The quantitative estimate of drug-likeness (QED) is 0.811. The van der Waals surface area contributed by atoms with Gasteiger partial charge >= 0.3 is 0 Å². The van der Waals surface area contributed by atoms with E-state index in [4.69, 9.17) is 4.74 Å². The molecule has 5 heteroatoms. The van der Waals surface area contributed by atoms with E-state index in [1.807, 2.05) is 18.2 Å². The van der Waals surface area contributed by atoms with Gasteiger partial charge in [0.1, 0.15) is 5.75 Å². The molecule has 0 N–H and O–H groups in total. The molecule has 0 atom stereocenters. The average molecular weight is 299 g/mol. The van der Waals surface area contributed by atoms with E-state index in [0.29, 0.717) is 11.6 Å². The molecule has 0 spiro atoms. The minimum atomic E-state index is -3.34. The molecule has 0 bridgehead atoms. The normalized spacial score (nSPS) is 12.0. The SMILES string of the molecule is COc1cccc(N(C)S(=O)(=O)C(C)C)c1CC(C)C. The van der Waals surface area contributed by atoms with Crippen LogP contribution in [0, 0.1) is 5.92 Å². The molecule has 4 nitrogen and oxygen atoms in total. The molecular formula is C15H25NO3S. The molecule has 1 aromatic rings. The lowest BCUT2D eigenvalue weighted by Crippen LogP contribution is -2.33. The molecule has 0 heterocycles. The molecule has 0 amide bonds. The zero-order chi connectivity index (χ0) is 15.5. The van der Waals surface area contributed by atoms with Crippen molar-refractivity contribution in [1.29, 1.82) is 0 Å². The molecule has 20 heavy (non-hydrogen) atoms. The maximum absolute atomic E-state index is 12.4. The van der Waals surface area contributed by atoms with Crippen molar-refractivity contribution in [3.05, 3.63) is 23.8 Å². The highest BCUT2D eigenvalue weighted by Crippen LogP contribution is 2.32. The molecule has 0 aliphatic heterocycles. The molecular weight excluding hydrogens is 274 g/mol. The fraction of sp³-hybridized carbons (Fsp3) is 0.600. The second kappa shape index (κ2) is 6.48. The van der Waals surface area contributed by atoms with Crippen molar-refractivity contribution in [2.24, 2.45) is 5.92 Å². The number of nitrogens with zero attached hydrogens (tertiary/aromatic N) is 1. The summed E-state index contributed by atoms with van der Waals surface area (Å²) in [7, 11) is -0.119. The van der Waals surface area contributed by atoms with Crippen LogP contribution in [0.4, 0.5) is 5.69 Å². The van der Waals surface area contributed by atoms with Crippen molar-refractivity contribution in [3.8, 4) is 5.75 Å². The van der Waals surface area contributed by atoms with Crippen LogP contribution in [0.3, 0.4) is 0 Å². The first-order valence-corrected chi connectivity index (χ1v) is 8.35. The first-order valence-electron chi connectivity index (χ1n) is 6.85. The van der Waals surface area contributed by atoms with Crippen LogP contribution in [-0.4, -0.2) is 27.8 Å². The minimum absolute atomic E-state index is 0.417. The predicted molar refractivity (Wildman–Crippen MR) is 84.0 cm³/mol. The smallest absolute Gasteiger partial charge is 0.237 e. The number of methoxy groups -OCH3 is 1. The van der Waals surface area contributed by atoms with E-state index >= 15 is 0 Å². The predicted octanol–water partition coefficient (Wildman–Crippen LogP) is 3.07. The van der Waals surface area contributed by atoms with Gasteiger partial charge in [-0.2, -0.15) is 0 Å². The van der Waals surface area contributed by atoms with Gasteiger partial charge in [-0.05, 0) is 38.3 Å². The molecule has 114 valence electrons. The van der Waals surface area contributed by atoms with Crippen LogP contribution in [0.1, 0.15) is 33.3 Å². The number of hydrogen-bond acceptors (Lipinski definition) is 3. The second-order valence-corrected chi connectivity index (χ2v) is 8.14. The highest BCUT2D eigenvalue weighted by molar-refractivity contribution is 7.93.